The first kappa shape index (κ1) is 17.6. The van der Waals surface area contributed by atoms with E-state index in [0.29, 0.717) is 30.0 Å². The van der Waals surface area contributed by atoms with Crippen LogP contribution in [0.5, 0.6) is 0 Å². The molecule has 3 aromatic rings. The SMILES string of the molecule is N#Cc1ccc2nc(CO[C@H]3CN(Cc4ccccc4F)C[C@H]3F)[nH]c2c1. The van der Waals surface area contributed by atoms with Crippen molar-refractivity contribution in [2.24, 2.45) is 0 Å². The number of likely N-dealkylation sites (tertiary alicyclic amines) is 1. The third-order valence-corrected chi connectivity index (χ3v) is 4.72. The summed E-state index contributed by atoms with van der Waals surface area (Å²) in [5, 5.41) is 8.95. The van der Waals surface area contributed by atoms with E-state index in [1.165, 1.54) is 6.07 Å². The molecule has 2 heterocycles. The second-order valence-electron chi connectivity index (χ2n) is 6.68. The molecule has 27 heavy (non-hydrogen) atoms. The Morgan fingerprint density at radius 2 is 2.11 bits per heavy atom. The van der Waals surface area contributed by atoms with E-state index < -0.39 is 12.3 Å². The van der Waals surface area contributed by atoms with Crippen molar-refractivity contribution < 1.29 is 13.5 Å². The third-order valence-electron chi connectivity index (χ3n) is 4.72. The number of ether oxygens (including phenoxy) is 1. The molecule has 0 unspecified atom stereocenters. The molecule has 138 valence electrons. The summed E-state index contributed by atoms with van der Waals surface area (Å²) in [5.41, 5.74) is 2.58. The van der Waals surface area contributed by atoms with E-state index in [4.69, 9.17) is 10.00 Å². The zero-order chi connectivity index (χ0) is 18.8. The number of benzene rings is 2. The van der Waals surface area contributed by atoms with Crippen molar-refractivity contribution in [3.63, 3.8) is 0 Å². The van der Waals surface area contributed by atoms with Crippen molar-refractivity contribution in [3.05, 3.63) is 65.2 Å². The van der Waals surface area contributed by atoms with Gasteiger partial charge in [0.25, 0.3) is 0 Å². The molecule has 0 saturated carbocycles. The average molecular weight is 368 g/mol. The number of H-pyrrole nitrogens is 1. The van der Waals surface area contributed by atoms with Gasteiger partial charge in [0.05, 0.1) is 22.7 Å². The fourth-order valence-electron chi connectivity index (χ4n) is 3.35. The van der Waals surface area contributed by atoms with E-state index in [0.717, 1.165) is 11.0 Å². The Hall–Kier alpha value is -2.82. The topological polar surface area (TPSA) is 64.9 Å². The van der Waals surface area contributed by atoms with Gasteiger partial charge in [0.15, 0.2) is 0 Å². The van der Waals surface area contributed by atoms with E-state index in [9.17, 15) is 8.78 Å². The standard InChI is InChI=1S/C20H18F2N4O/c21-15-4-2-1-3-14(15)9-26-10-16(22)19(11-26)27-12-20-24-17-6-5-13(8-23)7-18(17)25-20/h1-7,16,19H,9-12H2,(H,24,25)/t16-,19+/m1/s1. The molecule has 1 aliphatic heterocycles. The predicted molar refractivity (Wildman–Crippen MR) is 96.0 cm³/mol. The molecule has 7 heteroatoms. The van der Waals surface area contributed by atoms with E-state index in [2.05, 4.69) is 16.0 Å². The number of halogens is 2. The maximum atomic E-state index is 14.3. The van der Waals surface area contributed by atoms with Crippen molar-refractivity contribution in [2.45, 2.75) is 25.4 Å². The minimum Gasteiger partial charge on any atom is -0.366 e. The molecule has 0 spiro atoms. The van der Waals surface area contributed by atoms with Crippen LogP contribution in [0.2, 0.25) is 0 Å². The summed E-state index contributed by atoms with van der Waals surface area (Å²) in [4.78, 5) is 9.34. The van der Waals surface area contributed by atoms with Crippen molar-refractivity contribution in [3.8, 4) is 6.07 Å². The number of aromatic amines is 1. The van der Waals surface area contributed by atoms with Crippen molar-refractivity contribution in [2.75, 3.05) is 13.1 Å². The Labute approximate surface area is 155 Å². The Morgan fingerprint density at radius 3 is 2.93 bits per heavy atom. The van der Waals surface area contributed by atoms with Crippen LogP contribution in [-0.2, 0) is 17.9 Å². The van der Waals surface area contributed by atoms with E-state index in [1.807, 2.05) is 4.90 Å². The van der Waals surface area contributed by atoms with Gasteiger partial charge < -0.3 is 9.72 Å². The summed E-state index contributed by atoms with van der Waals surface area (Å²) in [5.74, 6) is 0.302. The molecule has 0 bridgehead atoms. The second kappa shape index (κ2) is 7.43. The third kappa shape index (κ3) is 3.82. The van der Waals surface area contributed by atoms with Gasteiger partial charge in [-0.25, -0.2) is 13.8 Å². The maximum Gasteiger partial charge on any atom is 0.140 e. The molecule has 2 atom stereocenters. The second-order valence-corrected chi connectivity index (χ2v) is 6.68. The first-order valence-corrected chi connectivity index (χ1v) is 8.72. The molecular formula is C20H18F2N4O. The highest BCUT2D eigenvalue weighted by Crippen LogP contribution is 2.22. The highest BCUT2D eigenvalue weighted by molar-refractivity contribution is 5.76. The lowest BCUT2D eigenvalue weighted by molar-refractivity contribution is 0.00862. The highest BCUT2D eigenvalue weighted by atomic mass is 19.1. The molecule has 0 radical (unpaired) electrons. The monoisotopic (exact) mass is 368 g/mol. The molecule has 1 saturated heterocycles. The number of nitrogens with one attached hydrogen (secondary N) is 1. The van der Waals surface area contributed by atoms with Gasteiger partial charge in [-0.05, 0) is 24.3 Å². The number of hydrogen-bond acceptors (Lipinski definition) is 4. The molecule has 0 aliphatic carbocycles. The number of aromatic nitrogens is 2. The van der Waals surface area contributed by atoms with Gasteiger partial charge in [0.2, 0.25) is 0 Å². The molecule has 1 aliphatic rings. The van der Waals surface area contributed by atoms with Crippen LogP contribution in [-0.4, -0.2) is 40.2 Å². The number of alkyl halides is 1. The molecule has 1 aromatic heterocycles. The van der Waals surface area contributed by atoms with Gasteiger partial charge in [-0.3, -0.25) is 4.90 Å². The first-order valence-electron chi connectivity index (χ1n) is 8.72. The normalized spacial score (nSPS) is 20.2. The van der Waals surface area contributed by atoms with Crippen LogP contribution in [0.1, 0.15) is 17.0 Å². The average Bonchev–Trinajstić information content (AvgIpc) is 3.23. The van der Waals surface area contributed by atoms with Crippen molar-refractivity contribution >= 4 is 11.0 Å². The number of fused-ring (bicyclic) bond motifs is 1. The maximum absolute atomic E-state index is 14.3. The fraction of sp³-hybridized carbons (Fsp3) is 0.300. The summed E-state index contributed by atoms with van der Waals surface area (Å²) >= 11 is 0. The van der Waals surface area contributed by atoms with Crippen LogP contribution in [0.4, 0.5) is 8.78 Å². The summed E-state index contributed by atoms with van der Waals surface area (Å²) in [6.07, 6.45) is -1.72. The lowest BCUT2D eigenvalue weighted by Crippen LogP contribution is -2.24. The number of nitrogens with zero attached hydrogens (tertiary/aromatic N) is 3. The Kier molecular flexibility index (Phi) is 4.84. The summed E-state index contributed by atoms with van der Waals surface area (Å²) in [7, 11) is 0. The van der Waals surface area contributed by atoms with Crippen LogP contribution in [0.3, 0.4) is 0 Å². The highest BCUT2D eigenvalue weighted by Gasteiger charge is 2.34. The van der Waals surface area contributed by atoms with Gasteiger partial charge in [0, 0.05) is 25.2 Å². The Morgan fingerprint density at radius 1 is 1.26 bits per heavy atom. The van der Waals surface area contributed by atoms with Crippen LogP contribution in [0.15, 0.2) is 42.5 Å². The van der Waals surface area contributed by atoms with Crippen molar-refractivity contribution in [1.29, 1.82) is 5.26 Å². The minimum absolute atomic E-state index is 0.148. The minimum atomic E-state index is -1.13. The van der Waals surface area contributed by atoms with Gasteiger partial charge in [0.1, 0.15) is 30.5 Å². The molecular weight excluding hydrogens is 350 g/mol. The van der Waals surface area contributed by atoms with Gasteiger partial charge in [-0.2, -0.15) is 5.26 Å². The zero-order valence-corrected chi connectivity index (χ0v) is 14.5. The van der Waals surface area contributed by atoms with Crippen LogP contribution < -0.4 is 0 Å². The quantitative estimate of drug-likeness (QED) is 0.750. The van der Waals surface area contributed by atoms with Gasteiger partial charge in [-0.1, -0.05) is 18.2 Å². The van der Waals surface area contributed by atoms with Gasteiger partial charge >= 0.3 is 0 Å². The van der Waals surface area contributed by atoms with Crippen molar-refractivity contribution in [1.82, 2.24) is 14.9 Å². The fourth-order valence-corrected chi connectivity index (χ4v) is 3.35. The molecule has 0 amide bonds. The number of hydrogen-bond donors (Lipinski definition) is 1. The van der Waals surface area contributed by atoms with Crippen LogP contribution in [0, 0.1) is 17.1 Å². The molecule has 2 aromatic carbocycles. The number of nitriles is 1. The lowest BCUT2D eigenvalue weighted by atomic mass is 10.2. The molecule has 1 N–H and O–H groups in total. The van der Waals surface area contributed by atoms with E-state index in [1.54, 1.807) is 36.4 Å². The lowest BCUT2D eigenvalue weighted by Gasteiger charge is -2.16. The zero-order valence-electron chi connectivity index (χ0n) is 14.5. The largest absolute Gasteiger partial charge is 0.366 e. The van der Waals surface area contributed by atoms with E-state index in [-0.39, 0.29) is 19.0 Å². The molecule has 5 nitrogen and oxygen atoms in total. The number of rotatable bonds is 5. The smallest absolute Gasteiger partial charge is 0.140 e. The summed E-state index contributed by atoms with van der Waals surface area (Å²) in [6, 6.07) is 13.8. The Balaban J connectivity index is 1.37. The molecule has 1 fully saturated rings. The Bertz CT molecular complexity index is 997. The summed E-state index contributed by atoms with van der Waals surface area (Å²) in [6.45, 7) is 1.11. The van der Waals surface area contributed by atoms with Crippen LogP contribution in [0.25, 0.3) is 11.0 Å². The van der Waals surface area contributed by atoms with E-state index >= 15 is 0 Å². The number of imidazole rings is 1. The predicted octanol–water partition coefficient (Wildman–Crippen LogP) is 3.31. The molecule has 4 rings (SSSR count). The van der Waals surface area contributed by atoms with Gasteiger partial charge in [-0.15, -0.1) is 0 Å². The first-order chi connectivity index (χ1) is 13.1. The van der Waals surface area contributed by atoms with Crippen LogP contribution >= 0.6 is 0 Å². The summed E-state index contributed by atoms with van der Waals surface area (Å²) < 4.78 is 33.8.